The molecule has 21 heavy (non-hydrogen) atoms. The average molecular weight is 309 g/mol. The molecular weight excluding hydrogens is 268 g/mol. The van der Waals surface area contributed by atoms with Gasteiger partial charge in [0.25, 0.3) is 0 Å². The summed E-state index contributed by atoms with van der Waals surface area (Å²) in [5.74, 6) is 7.39. The topological polar surface area (TPSA) is 0 Å². The van der Waals surface area contributed by atoms with Gasteiger partial charge in [-0.15, -0.1) is 0 Å². The van der Waals surface area contributed by atoms with Gasteiger partial charge in [-0.2, -0.15) is 0 Å². The van der Waals surface area contributed by atoms with Crippen molar-refractivity contribution in [2.75, 3.05) is 0 Å². The zero-order valence-electron chi connectivity index (χ0n) is 16.3. The highest BCUT2D eigenvalue weighted by Crippen LogP contribution is 2.62. The van der Waals surface area contributed by atoms with Crippen molar-refractivity contribution < 1.29 is 0 Å². The molecule has 0 aromatic rings. The molecule has 0 aliphatic heterocycles. The minimum atomic E-state index is -1.26. The lowest BCUT2D eigenvalue weighted by Crippen LogP contribution is -2.45. The van der Waals surface area contributed by atoms with E-state index in [-0.39, 0.29) is 0 Å². The normalized spacial score (nSPS) is 55.1. The molecule has 2 aliphatic rings. The summed E-state index contributed by atoms with van der Waals surface area (Å²) in [6.45, 7) is 25.8. The van der Waals surface area contributed by atoms with Crippen molar-refractivity contribution >= 4 is 8.07 Å². The first-order valence-electron chi connectivity index (χ1n) is 9.53. The van der Waals surface area contributed by atoms with E-state index in [1.165, 1.54) is 0 Å². The molecule has 1 heteroatoms. The van der Waals surface area contributed by atoms with Crippen molar-refractivity contribution in [2.45, 2.75) is 79.6 Å². The first-order chi connectivity index (χ1) is 9.53. The molecule has 0 aromatic heterocycles. The van der Waals surface area contributed by atoms with Crippen LogP contribution in [0.2, 0.25) is 24.2 Å². The monoisotopic (exact) mass is 308 g/mol. The van der Waals surface area contributed by atoms with Crippen LogP contribution < -0.4 is 0 Å². The Kier molecular flexibility index (Phi) is 4.76. The van der Waals surface area contributed by atoms with E-state index < -0.39 is 8.07 Å². The Balaban J connectivity index is 2.34. The zero-order valence-corrected chi connectivity index (χ0v) is 17.3. The van der Waals surface area contributed by atoms with Crippen molar-refractivity contribution in [2.24, 2.45) is 47.3 Å². The molecule has 0 bridgehead atoms. The van der Waals surface area contributed by atoms with Gasteiger partial charge in [0, 0.05) is 0 Å². The van der Waals surface area contributed by atoms with Crippen molar-refractivity contribution in [3.05, 3.63) is 0 Å². The molecule has 4 unspecified atom stereocenters. The van der Waals surface area contributed by atoms with Crippen LogP contribution in [0.5, 0.6) is 0 Å². The van der Waals surface area contributed by atoms with Crippen molar-refractivity contribution in [3.63, 3.8) is 0 Å². The van der Waals surface area contributed by atoms with Crippen LogP contribution in [0.25, 0.3) is 0 Å². The van der Waals surface area contributed by atoms with E-state index in [0.717, 1.165) is 58.4 Å². The summed E-state index contributed by atoms with van der Waals surface area (Å²) in [7, 11) is -1.26. The van der Waals surface area contributed by atoms with Crippen LogP contribution in [0.4, 0.5) is 0 Å². The maximum absolute atomic E-state index is 2.75. The lowest BCUT2D eigenvalue weighted by molar-refractivity contribution is 0.352. The Hall–Kier alpha value is 0.217. The second-order valence-corrected chi connectivity index (χ2v) is 14.7. The first kappa shape index (κ1) is 17.6. The van der Waals surface area contributed by atoms with Crippen molar-refractivity contribution in [1.29, 1.82) is 0 Å². The molecule has 2 aliphatic carbocycles. The second kappa shape index (κ2) is 5.69. The lowest BCUT2D eigenvalue weighted by Gasteiger charge is -2.45. The van der Waals surface area contributed by atoms with Gasteiger partial charge < -0.3 is 0 Å². The van der Waals surface area contributed by atoms with E-state index in [0.29, 0.717) is 0 Å². The third kappa shape index (κ3) is 2.46. The van der Waals surface area contributed by atoms with Gasteiger partial charge in [0.2, 0.25) is 0 Å². The minimum Gasteiger partial charge on any atom is -0.0689 e. The summed E-state index contributed by atoms with van der Waals surface area (Å²) in [6.07, 6.45) is 0. The number of hydrogen-bond donors (Lipinski definition) is 0. The third-order valence-electron chi connectivity index (χ3n) is 8.96. The maximum Gasteiger partial charge on any atom is 0.0546 e. The van der Waals surface area contributed by atoms with Gasteiger partial charge in [0.05, 0.1) is 8.07 Å². The summed E-state index contributed by atoms with van der Waals surface area (Å²) in [5.41, 5.74) is 2.05. The summed E-state index contributed by atoms with van der Waals surface area (Å²) >= 11 is 0. The minimum absolute atomic E-state index is 0.915. The maximum atomic E-state index is 2.75. The van der Waals surface area contributed by atoms with Crippen LogP contribution in [0.15, 0.2) is 0 Å². The van der Waals surface area contributed by atoms with Crippen LogP contribution in [-0.2, 0) is 0 Å². The second-order valence-electron chi connectivity index (χ2n) is 9.75. The molecule has 0 N–H and O–H groups in total. The number of hydrogen-bond acceptors (Lipinski definition) is 0. The van der Waals surface area contributed by atoms with E-state index in [1.54, 1.807) is 0 Å². The highest BCUT2D eigenvalue weighted by molar-refractivity contribution is 6.80. The van der Waals surface area contributed by atoms with Crippen LogP contribution in [-0.4, -0.2) is 8.07 Å². The molecule has 0 saturated heterocycles. The molecule has 2 rings (SSSR count). The van der Waals surface area contributed by atoms with Crippen LogP contribution >= 0.6 is 0 Å². The van der Waals surface area contributed by atoms with Gasteiger partial charge in [0.15, 0.2) is 0 Å². The van der Waals surface area contributed by atoms with Gasteiger partial charge in [-0.25, -0.2) is 0 Å². The molecular formula is C20H40Si. The lowest BCUT2D eigenvalue weighted by atomic mass is 9.92. The van der Waals surface area contributed by atoms with Gasteiger partial charge in [0.1, 0.15) is 0 Å². The molecule has 0 amide bonds. The molecule has 124 valence electrons. The van der Waals surface area contributed by atoms with E-state index in [4.69, 9.17) is 0 Å². The Morgan fingerprint density at radius 3 is 0.762 bits per heavy atom. The largest absolute Gasteiger partial charge is 0.0689 e. The fraction of sp³-hybridized carbons (Fsp3) is 1.00. The van der Waals surface area contributed by atoms with E-state index in [9.17, 15) is 0 Å². The highest BCUT2D eigenvalue weighted by atomic mass is 28.3. The van der Waals surface area contributed by atoms with Crippen LogP contribution in [0.3, 0.4) is 0 Å². The Bertz CT molecular complexity index is 312. The van der Waals surface area contributed by atoms with E-state index >= 15 is 0 Å². The molecule has 0 nitrogen and oxygen atoms in total. The van der Waals surface area contributed by atoms with Crippen molar-refractivity contribution in [3.8, 4) is 0 Å². The molecule has 0 heterocycles. The molecule has 0 aromatic carbocycles. The Labute approximate surface area is 135 Å². The fourth-order valence-electron chi connectivity index (χ4n) is 7.11. The molecule has 0 radical (unpaired) electrons. The predicted molar refractivity (Wildman–Crippen MR) is 98.3 cm³/mol. The predicted octanol–water partition coefficient (Wildman–Crippen LogP) is 6.55. The van der Waals surface area contributed by atoms with Gasteiger partial charge in [-0.05, 0) is 58.4 Å². The van der Waals surface area contributed by atoms with Gasteiger partial charge >= 0.3 is 0 Å². The Morgan fingerprint density at radius 1 is 0.381 bits per heavy atom. The quantitative estimate of drug-likeness (QED) is 0.507. The van der Waals surface area contributed by atoms with Crippen molar-refractivity contribution in [1.82, 2.24) is 0 Å². The highest BCUT2D eigenvalue weighted by Gasteiger charge is 2.57. The van der Waals surface area contributed by atoms with Gasteiger partial charge in [-0.3, -0.25) is 0 Å². The Morgan fingerprint density at radius 2 is 0.571 bits per heavy atom. The average Bonchev–Trinajstić information content (AvgIpc) is 2.72. The SMILES string of the molecule is CC1[C@H](C)C([Si](C)(C)C2[C@@H](C)C(C)[C@H](C)[C@@H]2C)[C@@H](C)[C@H]1C. The fourth-order valence-corrected chi connectivity index (χ4v) is 14.2. The van der Waals surface area contributed by atoms with E-state index in [2.05, 4.69) is 68.5 Å². The first-order valence-corrected chi connectivity index (χ1v) is 12.7. The smallest absolute Gasteiger partial charge is 0.0546 e. The molecule has 10 atom stereocenters. The van der Waals surface area contributed by atoms with Crippen LogP contribution in [0.1, 0.15) is 55.4 Å². The van der Waals surface area contributed by atoms with E-state index in [1.807, 2.05) is 0 Å². The molecule has 2 saturated carbocycles. The summed E-state index contributed by atoms with van der Waals surface area (Å²) in [5, 5.41) is 0. The number of rotatable bonds is 2. The standard InChI is InChI=1S/C20H40Si/c1-11-12(2)16(6)19(15(11)5)21(9,10)20-17(7)13(3)14(4)18(20)8/h11-20H,1-10H3/t11-,12?,13-,14?,15-,16-,17-,18-,19?,20?/m0/s1. The summed E-state index contributed by atoms with van der Waals surface area (Å²) < 4.78 is 0. The third-order valence-corrected chi connectivity index (χ3v) is 14.5. The summed E-state index contributed by atoms with van der Waals surface area (Å²) in [4.78, 5) is 0. The zero-order chi connectivity index (χ0) is 16.3. The van der Waals surface area contributed by atoms with Crippen LogP contribution in [0, 0.1) is 47.3 Å². The molecule has 2 fully saturated rings. The molecule has 0 spiro atoms. The van der Waals surface area contributed by atoms with Gasteiger partial charge in [-0.1, -0.05) is 68.5 Å². The summed E-state index contributed by atoms with van der Waals surface area (Å²) in [6, 6.07) is 0.